The molecule has 6 heteroatoms. The molecule has 0 aromatic heterocycles. The average Bonchev–Trinajstić information content (AvgIpc) is 2.42. The molecule has 2 aromatic carbocycles. The van der Waals surface area contributed by atoms with Crippen LogP contribution in [-0.4, -0.2) is 13.5 Å². The van der Waals surface area contributed by atoms with Crippen LogP contribution in [0, 0.1) is 19.7 Å². The van der Waals surface area contributed by atoms with Gasteiger partial charge in [-0.1, -0.05) is 12.1 Å². The first-order valence-electron chi connectivity index (χ1n) is 6.33. The molecule has 21 heavy (non-hydrogen) atoms. The molecule has 0 spiro atoms. The summed E-state index contributed by atoms with van der Waals surface area (Å²) in [5, 5.41) is 9.20. The molecule has 0 aliphatic heterocycles. The van der Waals surface area contributed by atoms with Gasteiger partial charge in [-0.15, -0.1) is 0 Å². The number of hydrogen-bond donors (Lipinski definition) is 2. The predicted molar refractivity (Wildman–Crippen MR) is 79.0 cm³/mol. The zero-order chi connectivity index (χ0) is 15.6. The van der Waals surface area contributed by atoms with Gasteiger partial charge in [0.1, 0.15) is 5.82 Å². The van der Waals surface area contributed by atoms with Crippen molar-refractivity contribution in [3.63, 3.8) is 0 Å². The van der Waals surface area contributed by atoms with Gasteiger partial charge in [-0.05, 0) is 54.8 Å². The van der Waals surface area contributed by atoms with Crippen molar-refractivity contribution < 1.29 is 17.9 Å². The van der Waals surface area contributed by atoms with Gasteiger partial charge in [-0.25, -0.2) is 12.8 Å². The minimum atomic E-state index is -3.90. The molecular weight excluding hydrogens is 293 g/mol. The van der Waals surface area contributed by atoms with Crippen LogP contribution in [0.2, 0.25) is 0 Å². The molecule has 0 unspecified atom stereocenters. The van der Waals surface area contributed by atoms with Crippen molar-refractivity contribution in [3.05, 3.63) is 58.9 Å². The number of hydrogen-bond acceptors (Lipinski definition) is 3. The van der Waals surface area contributed by atoms with Crippen LogP contribution in [0.4, 0.5) is 10.1 Å². The molecule has 4 nitrogen and oxygen atoms in total. The van der Waals surface area contributed by atoms with Crippen LogP contribution in [-0.2, 0) is 16.6 Å². The summed E-state index contributed by atoms with van der Waals surface area (Å²) in [5.41, 5.74) is 1.90. The Balaban J connectivity index is 2.38. The number of halogens is 1. The fourth-order valence-corrected chi connectivity index (χ4v) is 3.01. The minimum Gasteiger partial charge on any atom is -0.392 e. The van der Waals surface area contributed by atoms with E-state index in [-0.39, 0.29) is 17.2 Å². The SMILES string of the molecule is Cc1ccc(NS(=O)(=O)c2ccc(C)c(CO)c2)c(F)c1. The molecule has 2 aromatic rings. The molecular formula is C15H16FNO3S. The first kappa shape index (κ1) is 15.5. The fourth-order valence-electron chi connectivity index (χ4n) is 1.89. The third-order valence-corrected chi connectivity index (χ3v) is 4.53. The molecule has 0 fully saturated rings. The van der Waals surface area contributed by atoms with Crippen molar-refractivity contribution in [3.8, 4) is 0 Å². The zero-order valence-corrected chi connectivity index (χ0v) is 12.5. The van der Waals surface area contributed by atoms with E-state index in [0.717, 1.165) is 5.56 Å². The summed E-state index contributed by atoms with van der Waals surface area (Å²) in [5.74, 6) is -0.631. The number of benzene rings is 2. The lowest BCUT2D eigenvalue weighted by Crippen LogP contribution is -2.14. The summed E-state index contributed by atoms with van der Waals surface area (Å²) < 4.78 is 40.5. The van der Waals surface area contributed by atoms with E-state index in [1.807, 2.05) is 0 Å². The number of sulfonamides is 1. The van der Waals surface area contributed by atoms with Gasteiger partial charge in [0.15, 0.2) is 0 Å². The van der Waals surface area contributed by atoms with Crippen LogP contribution in [0.3, 0.4) is 0 Å². The van der Waals surface area contributed by atoms with Crippen LogP contribution >= 0.6 is 0 Å². The van der Waals surface area contributed by atoms with Crippen molar-refractivity contribution >= 4 is 15.7 Å². The smallest absolute Gasteiger partial charge is 0.261 e. The lowest BCUT2D eigenvalue weighted by Gasteiger charge is -2.11. The van der Waals surface area contributed by atoms with Gasteiger partial charge in [0.2, 0.25) is 0 Å². The number of aliphatic hydroxyl groups is 1. The predicted octanol–water partition coefficient (Wildman–Crippen LogP) is 2.74. The van der Waals surface area contributed by atoms with E-state index in [4.69, 9.17) is 0 Å². The monoisotopic (exact) mass is 309 g/mol. The van der Waals surface area contributed by atoms with Crippen molar-refractivity contribution in [2.24, 2.45) is 0 Å². The third-order valence-electron chi connectivity index (χ3n) is 3.17. The Morgan fingerprint density at radius 2 is 1.86 bits per heavy atom. The summed E-state index contributed by atoms with van der Waals surface area (Å²) in [6, 6.07) is 8.66. The summed E-state index contributed by atoms with van der Waals surface area (Å²) in [6.45, 7) is 3.23. The van der Waals surface area contributed by atoms with Crippen LogP contribution in [0.5, 0.6) is 0 Å². The van der Waals surface area contributed by atoms with E-state index in [2.05, 4.69) is 4.72 Å². The normalized spacial score (nSPS) is 11.4. The van der Waals surface area contributed by atoms with E-state index < -0.39 is 15.8 Å². The lowest BCUT2D eigenvalue weighted by molar-refractivity contribution is 0.281. The van der Waals surface area contributed by atoms with Gasteiger partial charge < -0.3 is 5.11 Å². The molecule has 0 aliphatic rings. The molecule has 0 amide bonds. The van der Waals surface area contributed by atoms with Gasteiger partial charge >= 0.3 is 0 Å². The summed E-state index contributed by atoms with van der Waals surface area (Å²) in [6.07, 6.45) is 0. The van der Waals surface area contributed by atoms with Gasteiger partial charge in [0.05, 0.1) is 17.2 Å². The Morgan fingerprint density at radius 3 is 2.48 bits per heavy atom. The van der Waals surface area contributed by atoms with Crippen molar-refractivity contribution in [2.75, 3.05) is 4.72 Å². The van der Waals surface area contributed by atoms with Gasteiger partial charge in [0.25, 0.3) is 10.0 Å². The Hall–Kier alpha value is -1.92. The van der Waals surface area contributed by atoms with Crippen LogP contribution < -0.4 is 4.72 Å². The molecule has 0 bridgehead atoms. The molecule has 2 rings (SSSR count). The van der Waals surface area contributed by atoms with E-state index >= 15 is 0 Å². The average molecular weight is 309 g/mol. The molecule has 0 saturated carbocycles. The first-order valence-corrected chi connectivity index (χ1v) is 7.81. The van der Waals surface area contributed by atoms with Gasteiger partial charge in [-0.2, -0.15) is 0 Å². The quantitative estimate of drug-likeness (QED) is 0.912. The second-order valence-electron chi connectivity index (χ2n) is 4.84. The number of aliphatic hydroxyl groups excluding tert-OH is 1. The highest BCUT2D eigenvalue weighted by molar-refractivity contribution is 7.92. The van der Waals surface area contributed by atoms with Crippen LogP contribution in [0.1, 0.15) is 16.7 Å². The first-order chi connectivity index (χ1) is 9.83. The summed E-state index contributed by atoms with van der Waals surface area (Å²) in [7, 11) is -3.90. The van der Waals surface area contributed by atoms with E-state index in [1.54, 1.807) is 26.0 Å². The highest BCUT2D eigenvalue weighted by atomic mass is 32.2. The topological polar surface area (TPSA) is 66.4 Å². The standard InChI is InChI=1S/C15H16FNO3S/c1-10-3-6-15(14(16)7-10)17-21(19,20)13-5-4-11(2)12(8-13)9-18/h3-8,17-18H,9H2,1-2H3. The number of aryl methyl sites for hydroxylation is 2. The minimum absolute atomic E-state index is 0.0166. The Bertz CT molecular complexity index is 772. The van der Waals surface area contributed by atoms with E-state index in [9.17, 15) is 17.9 Å². The Morgan fingerprint density at radius 1 is 1.14 bits per heavy atom. The number of rotatable bonds is 4. The second kappa shape index (κ2) is 5.83. The van der Waals surface area contributed by atoms with Crippen molar-refractivity contribution in [1.82, 2.24) is 0 Å². The molecule has 0 radical (unpaired) electrons. The van der Waals surface area contributed by atoms with Crippen LogP contribution in [0.25, 0.3) is 0 Å². The van der Waals surface area contributed by atoms with Crippen molar-refractivity contribution in [1.29, 1.82) is 0 Å². The van der Waals surface area contributed by atoms with Crippen molar-refractivity contribution in [2.45, 2.75) is 25.3 Å². The third kappa shape index (κ3) is 3.40. The molecule has 0 saturated heterocycles. The molecule has 0 heterocycles. The van der Waals surface area contributed by atoms with E-state index in [1.165, 1.54) is 24.3 Å². The van der Waals surface area contributed by atoms with Crippen LogP contribution in [0.15, 0.2) is 41.3 Å². The summed E-state index contributed by atoms with van der Waals surface area (Å²) in [4.78, 5) is -0.0166. The second-order valence-corrected chi connectivity index (χ2v) is 6.52. The highest BCUT2D eigenvalue weighted by Gasteiger charge is 2.17. The molecule has 0 aliphatic carbocycles. The number of nitrogens with one attached hydrogen (secondary N) is 1. The maximum absolute atomic E-state index is 13.7. The number of anilines is 1. The molecule has 2 N–H and O–H groups in total. The largest absolute Gasteiger partial charge is 0.392 e. The zero-order valence-electron chi connectivity index (χ0n) is 11.7. The molecule has 112 valence electrons. The fraction of sp³-hybridized carbons (Fsp3) is 0.200. The highest BCUT2D eigenvalue weighted by Crippen LogP contribution is 2.22. The van der Waals surface area contributed by atoms with Gasteiger partial charge in [-0.3, -0.25) is 4.72 Å². The molecule has 0 atom stereocenters. The Labute approximate surface area is 123 Å². The maximum atomic E-state index is 13.7. The Kier molecular flexibility index (Phi) is 4.29. The maximum Gasteiger partial charge on any atom is 0.261 e. The lowest BCUT2D eigenvalue weighted by atomic mass is 10.1. The summed E-state index contributed by atoms with van der Waals surface area (Å²) >= 11 is 0. The van der Waals surface area contributed by atoms with Gasteiger partial charge in [0, 0.05) is 0 Å². The van der Waals surface area contributed by atoms with E-state index in [0.29, 0.717) is 11.1 Å².